The van der Waals surface area contributed by atoms with E-state index in [4.69, 9.17) is 4.42 Å². The minimum atomic E-state index is -4.34. The van der Waals surface area contributed by atoms with Gasteiger partial charge in [-0.15, -0.1) is 0 Å². The van der Waals surface area contributed by atoms with Gasteiger partial charge in [-0.2, -0.15) is 13.2 Å². The van der Waals surface area contributed by atoms with Crippen LogP contribution in [0.3, 0.4) is 0 Å². The zero-order chi connectivity index (χ0) is 18.9. The Labute approximate surface area is 148 Å². The van der Waals surface area contributed by atoms with Crippen molar-refractivity contribution in [2.24, 2.45) is 0 Å². The van der Waals surface area contributed by atoms with Crippen LogP contribution in [0.5, 0.6) is 0 Å². The minimum absolute atomic E-state index is 0.0884. The summed E-state index contributed by atoms with van der Waals surface area (Å²) < 4.78 is 43.2. The highest BCUT2D eigenvalue weighted by Crippen LogP contribution is 2.31. The van der Waals surface area contributed by atoms with Crippen molar-refractivity contribution in [3.8, 4) is 0 Å². The molecule has 3 rings (SSSR count). The molecule has 26 heavy (non-hydrogen) atoms. The lowest BCUT2D eigenvalue weighted by atomic mass is 10.1. The van der Waals surface area contributed by atoms with Gasteiger partial charge in [-0.1, -0.05) is 0 Å². The number of nitrogens with zero attached hydrogens (tertiary/aromatic N) is 3. The van der Waals surface area contributed by atoms with Gasteiger partial charge in [0.05, 0.1) is 18.2 Å². The maximum atomic E-state index is 12.7. The number of benzene rings is 1. The van der Waals surface area contributed by atoms with Gasteiger partial charge in [0.2, 0.25) is 0 Å². The van der Waals surface area contributed by atoms with Crippen LogP contribution >= 0.6 is 0 Å². The zero-order valence-electron chi connectivity index (χ0n) is 14.1. The molecule has 0 N–H and O–H groups in total. The summed E-state index contributed by atoms with van der Waals surface area (Å²) in [4.78, 5) is 14.3. The smallest absolute Gasteiger partial charge is 0.404 e. The predicted octanol–water partition coefficient (Wildman–Crippen LogP) is 3.92. The largest absolute Gasteiger partial charge is 0.433 e. The van der Waals surface area contributed by atoms with E-state index >= 15 is 0 Å². The normalized spacial score (nSPS) is 18.9. The van der Waals surface area contributed by atoms with Gasteiger partial charge in [-0.05, 0) is 37.3 Å². The van der Waals surface area contributed by atoms with Gasteiger partial charge >= 0.3 is 12.1 Å². The Hall–Kier alpha value is -2.55. The Morgan fingerprint density at radius 2 is 1.88 bits per heavy atom. The molecule has 6 nitrogen and oxygen atoms in total. The van der Waals surface area contributed by atoms with Gasteiger partial charge in [0.1, 0.15) is 10.7 Å². The van der Waals surface area contributed by atoms with Crippen molar-refractivity contribution < 1.29 is 22.5 Å². The fraction of sp³-hybridized carbons (Fsp3) is 0.412. The van der Waals surface area contributed by atoms with Gasteiger partial charge in [0.15, 0.2) is 0 Å². The Morgan fingerprint density at radius 1 is 1.19 bits per heavy atom. The monoisotopic (exact) mass is 369 g/mol. The molecular weight excluding hydrogens is 351 g/mol. The van der Waals surface area contributed by atoms with Crippen LogP contribution in [0.2, 0.25) is 0 Å². The molecular formula is C17H18F3N3O3. The number of furan rings is 1. The Kier molecular flexibility index (Phi) is 4.90. The van der Waals surface area contributed by atoms with Crippen molar-refractivity contribution in [1.29, 1.82) is 0 Å². The Morgan fingerprint density at radius 3 is 2.42 bits per heavy atom. The Bertz CT molecular complexity index is 774. The number of anilines is 1. The van der Waals surface area contributed by atoms with E-state index in [-0.39, 0.29) is 11.9 Å². The fourth-order valence-electron chi connectivity index (χ4n) is 3.17. The van der Waals surface area contributed by atoms with E-state index in [1.54, 1.807) is 6.07 Å². The van der Waals surface area contributed by atoms with E-state index < -0.39 is 16.7 Å². The number of alkyl halides is 3. The molecule has 9 heteroatoms. The molecule has 0 aliphatic carbocycles. The van der Waals surface area contributed by atoms with Crippen LogP contribution in [0, 0.1) is 10.1 Å². The number of hydrogen-bond donors (Lipinski definition) is 0. The summed E-state index contributed by atoms with van der Waals surface area (Å²) in [6.45, 7) is 4.46. The van der Waals surface area contributed by atoms with Crippen LogP contribution in [-0.4, -0.2) is 35.5 Å². The van der Waals surface area contributed by atoms with Gasteiger partial charge in [-0.3, -0.25) is 15.0 Å². The molecule has 1 aliphatic heterocycles. The standard InChI is InChI=1S/C17H18F3N3O3/c1-12-10-21(11-15-6-7-16(26-15)23(24)25)8-9-22(12)14-4-2-13(3-5-14)17(18,19)20/h2-7,12H,8-11H2,1H3/t12-/m0/s1. The van der Waals surface area contributed by atoms with Crippen LogP contribution in [0.15, 0.2) is 40.8 Å². The number of piperazine rings is 1. The second-order valence-electron chi connectivity index (χ2n) is 6.32. The van der Waals surface area contributed by atoms with E-state index in [2.05, 4.69) is 9.80 Å². The maximum Gasteiger partial charge on any atom is 0.433 e. The summed E-state index contributed by atoms with van der Waals surface area (Å²) in [5.74, 6) is 0.239. The summed E-state index contributed by atoms with van der Waals surface area (Å²) in [6.07, 6.45) is -4.34. The molecule has 0 spiro atoms. The minimum Gasteiger partial charge on any atom is -0.404 e. The maximum absolute atomic E-state index is 12.7. The second kappa shape index (κ2) is 6.99. The summed E-state index contributed by atoms with van der Waals surface area (Å²) in [7, 11) is 0. The summed E-state index contributed by atoms with van der Waals surface area (Å²) in [6, 6.07) is 8.18. The highest BCUT2D eigenvalue weighted by molar-refractivity contribution is 5.49. The van der Waals surface area contributed by atoms with E-state index in [1.165, 1.54) is 18.2 Å². The summed E-state index contributed by atoms with van der Waals surface area (Å²) in [5.41, 5.74) is 0.0886. The SMILES string of the molecule is C[C@H]1CN(Cc2ccc([N+](=O)[O-])o2)CCN1c1ccc(C(F)(F)F)cc1. The van der Waals surface area contributed by atoms with Gasteiger partial charge in [-0.25, -0.2) is 0 Å². The summed E-state index contributed by atoms with van der Waals surface area (Å²) >= 11 is 0. The van der Waals surface area contributed by atoms with E-state index in [9.17, 15) is 23.3 Å². The molecule has 1 atom stereocenters. The first-order valence-corrected chi connectivity index (χ1v) is 8.13. The second-order valence-corrected chi connectivity index (χ2v) is 6.32. The lowest BCUT2D eigenvalue weighted by molar-refractivity contribution is -0.402. The first-order chi connectivity index (χ1) is 12.2. The third kappa shape index (κ3) is 3.98. The molecule has 2 heterocycles. The molecule has 0 unspecified atom stereocenters. The van der Waals surface area contributed by atoms with Crippen LogP contribution in [0.1, 0.15) is 18.2 Å². The Balaban J connectivity index is 1.62. The van der Waals surface area contributed by atoms with Crippen LogP contribution in [0.25, 0.3) is 0 Å². The molecule has 140 valence electrons. The van der Waals surface area contributed by atoms with Crippen molar-refractivity contribution in [2.45, 2.75) is 25.7 Å². The highest BCUT2D eigenvalue weighted by Gasteiger charge is 2.31. The van der Waals surface area contributed by atoms with Crippen molar-refractivity contribution in [3.63, 3.8) is 0 Å². The third-order valence-corrected chi connectivity index (χ3v) is 4.44. The lowest BCUT2D eigenvalue weighted by Gasteiger charge is -2.41. The van der Waals surface area contributed by atoms with Gasteiger partial charge in [0.25, 0.3) is 0 Å². The molecule has 0 amide bonds. The van der Waals surface area contributed by atoms with Crippen molar-refractivity contribution in [3.05, 3.63) is 57.8 Å². The lowest BCUT2D eigenvalue weighted by Crippen LogP contribution is -2.51. The molecule has 1 aliphatic rings. The van der Waals surface area contributed by atoms with Crippen LogP contribution in [0.4, 0.5) is 24.7 Å². The summed E-state index contributed by atoms with van der Waals surface area (Å²) in [5, 5.41) is 10.7. The van der Waals surface area contributed by atoms with Gasteiger partial charge < -0.3 is 9.32 Å². The van der Waals surface area contributed by atoms with Gasteiger partial charge in [0, 0.05) is 31.4 Å². The van der Waals surface area contributed by atoms with E-state index in [0.29, 0.717) is 31.9 Å². The third-order valence-electron chi connectivity index (χ3n) is 4.44. The predicted molar refractivity (Wildman–Crippen MR) is 88.9 cm³/mol. The van der Waals surface area contributed by atoms with Crippen molar-refractivity contribution in [1.82, 2.24) is 4.90 Å². The first-order valence-electron chi connectivity index (χ1n) is 8.13. The highest BCUT2D eigenvalue weighted by atomic mass is 19.4. The molecule has 1 fully saturated rings. The number of nitro groups is 1. The number of rotatable bonds is 4. The van der Waals surface area contributed by atoms with Crippen LogP contribution in [-0.2, 0) is 12.7 Å². The molecule has 1 saturated heterocycles. The number of halogens is 3. The number of hydrogen-bond acceptors (Lipinski definition) is 5. The molecule has 1 aromatic heterocycles. The fourth-order valence-corrected chi connectivity index (χ4v) is 3.17. The molecule has 0 radical (unpaired) electrons. The van der Waals surface area contributed by atoms with Crippen LogP contribution < -0.4 is 4.90 Å². The van der Waals surface area contributed by atoms with E-state index in [1.807, 2.05) is 6.92 Å². The molecule has 0 saturated carbocycles. The average Bonchev–Trinajstić information content (AvgIpc) is 3.03. The topological polar surface area (TPSA) is 62.8 Å². The van der Waals surface area contributed by atoms with Crippen molar-refractivity contribution >= 4 is 11.6 Å². The van der Waals surface area contributed by atoms with Crippen molar-refractivity contribution in [2.75, 3.05) is 24.5 Å². The zero-order valence-corrected chi connectivity index (χ0v) is 14.1. The molecule has 0 bridgehead atoms. The quantitative estimate of drug-likeness (QED) is 0.604. The average molecular weight is 369 g/mol. The molecule has 1 aromatic carbocycles. The molecule has 2 aromatic rings. The van der Waals surface area contributed by atoms with E-state index in [0.717, 1.165) is 17.8 Å². The first kappa shape index (κ1) is 18.2.